The lowest BCUT2D eigenvalue weighted by Gasteiger charge is -2.24. The maximum atomic E-state index is 11.9. The van der Waals surface area contributed by atoms with Crippen LogP contribution >= 0.6 is 0 Å². The Morgan fingerprint density at radius 2 is 2.06 bits per heavy atom. The van der Waals surface area contributed by atoms with Crippen LogP contribution in [0.3, 0.4) is 0 Å². The van der Waals surface area contributed by atoms with E-state index in [0.717, 1.165) is 25.9 Å². The molecule has 1 fully saturated rings. The van der Waals surface area contributed by atoms with Crippen molar-refractivity contribution in [2.75, 3.05) is 33.2 Å². The molecule has 0 heterocycles. The molecule has 0 spiro atoms. The molecule has 0 saturated heterocycles. The maximum Gasteiger partial charge on any atom is 0.236 e. The van der Waals surface area contributed by atoms with Gasteiger partial charge in [0.15, 0.2) is 0 Å². The zero-order valence-corrected chi connectivity index (χ0v) is 10.6. The average molecular weight is 227 g/mol. The molecule has 2 N–H and O–H groups in total. The van der Waals surface area contributed by atoms with Crippen molar-refractivity contribution in [1.29, 1.82) is 0 Å². The first-order valence-corrected chi connectivity index (χ1v) is 6.37. The van der Waals surface area contributed by atoms with Gasteiger partial charge < -0.3 is 10.6 Å². The van der Waals surface area contributed by atoms with Gasteiger partial charge >= 0.3 is 0 Å². The molecule has 94 valence electrons. The second-order valence-electron chi connectivity index (χ2n) is 4.65. The fourth-order valence-corrected chi connectivity index (χ4v) is 1.87. The summed E-state index contributed by atoms with van der Waals surface area (Å²) in [5.41, 5.74) is 5.50. The van der Waals surface area contributed by atoms with Crippen LogP contribution < -0.4 is 5.73 Å². The molecule has 0 bridgehead atoms. The van der Waals surface area contributed by atoms with E-state index in [9.17, 15) is 4.79 Å². The smallest absolute Gasteiger partial charge is 0.236 e. The summed E-state index contributed by atoms with van der Waals surface area (Å²) in [5, 5.41) is 0. The zero-order chi connectivity index (χ0) is 12.0. The zero-order valence-electron chi connectivity index (χ0n) is 10.6. The number of rotatable bonds is 8. The lowest BCUT2D eigenvalue weighted by atomic mass is 10.3. The Balaban J connectivity index is 2.30. The summed E-state index contributed by atoms with van der Waals surface area (Å²) >= 11 is 0. The lowest BCUT2D eigenvalue weighted by molar-refractivity contribution is -0.131. The van der Waals surface area contributed by atoms with Crippen molar-refractivity contribution in [1.82, 2.24) is 9.80 Å². The molecule has 0 aliphatic heterocycles. The summed E-state index contributed by atoms with van der Waals surface area (Å²) in [5.74, 6) is 0.257. The normalized spacial score (nSPS) is 15.5. The Labute approximate surface area is 98.8 Å². The minimum absolute atomic E-state index is 0.257. The summed E-state index contributed by atoms with van der Waals surface area (Å²) in [7, 11) is 1.92. The number of hydrogen-bond donors (Lipinski definition) is 1. The highest BCUT2D eigenvalue weighted by Crippen LogP contribution is 2.25. The Morgan fingerprint density at radius 1 is 1.38 bits per heavy atom. The summed E-state index contributed by atoms with van der Waals surface area (Å²) in [6.07, 6.45) is 4.42. The van der Waals surface area contributed by atoms with Gasteiger partial charge in [0.05, 0.1) is 6.54 Å². The second-order valence-corrected chi connectivity index (χ2v) is 4.65. The van der Waals surface area contributed by atoms with Gasteiger partial charge in [0.25, 0.3) is 0 Å². The first-order chi connectivity index (χ1) is 7.69. The van der Waals surface area contributed by atoms with E-state index in [1.165, 1.54) is 12.8 Å². The Hall–Kier alpha value is -0.610. The summed E-state index contributed by atoms with van der Waals surface area (Å²) in [6.45, 7) is 5.33. The predicted molar refractivity (Wildman–Crippen MR) is 66.2 cm³/mol. The molecule has 4 nitrogen and oxygen atoms in total. The summed E-state index contributed by atoms with van der Waals surface area (Å²) in [4.78, 5) is 16.1. The molecule has 0 unspecified atom stereocenters. The van der Waals surface area contributed by atoms with Gasteiger partial charge in [0, 0.05) is 13.1 Å². The Kier molecular flexibility index (Phi) is 5.77. The van der Waals surface area contributed by atoms with E-state index in [4.69, 9.17) is 5.73 Å². The van der Waals surface area contributed by atoms with Crippen LogP contribution in [0.2, 0.25) is 0 Å². The quantitative estimate of drug-likeness (QED) is 0.663. The van der Waals surface area contributed by atoms with Crippen LogP contribution in [-0.4, -0.2) is 55.0 Å². The molecule has 4 heteroatoms. The molecule has 1 aliphatic carbocycles. The fourth-order valence-electron chi connectivity index (χ4n) is 1.87. The molecule has 0 aromatic rings. The van der Waals surface area contributed by atoms with Crippen LogP contribution in [0.5, 0.6) is 0 Å². The van der Waals surface area contributed by atoms with Gasteiger partial charge in [-0.25, -0.2) is 0 Å². The molecule has 1 saturated carbocycles. The number of likely N-dealkylation sites (N-methyl/N-ethyl adjacent to an activating group) is 1. The second kappa shape index (κ2) is 6.86. The van der Waals surface area contributed by atoms with Crippen molar-refractivity contribution < 1.29 is 4.79 Å². The standard InChI is InChI=1S/C12H25N3O/c1-3-8-15(9-4-7-13)10-12(16)14(2)11-5-6-11/h11H,3-10,13H2,1-2H3. The molecule has 0 radical (unpaired) electrons. The first-order valence-electron chi connectivity index (χ1n) is 6.37. The molecule has 16 heavy (non-hydrogen) atoms. The van der Waals surface area contributed by atoms with Crippen molar-refractivity contribution in [2.45, 2.75) is 38.6 Å². The third kappa shape index (κ3) is 4.49. The molecule has 0 aromatic carbocycles. The number of nitrogens with zero attached hydrogens (tertiary/aromatic N) is 2. The number of amides is 1. The molecule has 1 rings (SSSR count). The lowest BCUT2D eigenvalue weighted by Crippen LogP contribution is -2.40. The van der Waals surface area contributed by atoms with Crippen molar-refractivity contribution >= 4 is 5.91 Å². The van der Waals surface area contributed by atoms with Crippen LogP contribution in [0, 0.1) is 0 Å². The van der Waals surface area contributed by atoms with Crippen molar-refractivity contribution in [3.8, 4) is 0 Å². The van der Waals surface area contributed by atoms with E-state index in [0.29, 0.717) is 19.1 Å². The minimum atomic E-state index is 0.257. The highest BCUT2D eigenvalue weighted by molar-refractivity contribution is 5.78. The van der Waals surface area contributed by atoms with Gasteiger partial charge in [0.2, 0.25) is 5.91 Å². The topological polar surface area (TPSA) is 49.6 Å². The number of nitrogens with two attached hydrogens (primary N) is 1. The van der Waals surface area contributed by atoms with E-state index in [2.05, 4.69) is 11.8 Å². The molecule has 1 amide bonds. The number of carbonyl (C=O) groups is 1. The van der Waals surface area contributed by atoms with Crippen molar-refractivity contribution in [2.24, 2.45) is 5.73 Å². The van der Waals surface area contributed by atoms with Crippen LogP contribution in [-0.2, 0) is 4.79 Å². The van der Waals surface area contributed by atoms with Gasteiger partial charge in [-0.1, -0.05) is 6.92 Å². The maximum absolute atomic E-state index is 11.9. The summed E-state index contributed by atoms with van der Waals surface area (Å²) < 4.78 is 0. The van der Waals surface area contributed by atoms with Crippen LogP contribution in [0.4, 0.5) is 0 Å². The van der Waals surface area contributed by atoms with E-state index in [-0.39, 0.29) is 5.91 Å². The highest BCUT2D eigenvalue weighted by Gasteiger charge is 2.29. The monoisotopic (exact) mass is 227 g/mol. The predicted octanol–water partition coefficient (Wildman–Crippen LogP) is 0.668. The average Bonchev–Trinajstić information content (AvgIpc) is 3.08. The third-order valence-electron chi connectivity index (χ3n) is 3.07. The van der Waals surface area contributed by atoms with E-state index < -0.39 is 0 Å². The largest absolute Gasteiger partial charge is 0.342 e. The van der Waals surface area contributed by atoms with Gasteiger partial charge in [0.1, 0.15) is 0 Å². The fraction of sp³-hybridized carbons (Fsp3) is 0.917. The van der Waals surface area contributed by atoms with Gasteiger partial charge in [-0.15, -0.1) is 0 Å². The highest BCUT2D eigenvalue weighted by atomic mass is 16.2. The van der Waals surface area contributed by atoms with E-state index in [1.54, 1.807) is 0 Å². The van der Waals surface area contributed by atoms with Crippen LogP contribution in [0.1, 0.15) is 32.6 Å². The van der Waals surface area contributed by atoms with Gasteiger partial charge in [-0.05, 0) is 45.3 Å². The van der Waals surface area contributed by atoms with E-state index in [1.807, 2.05) is 11.9 Å². The number of hydrogen-bond acceptors (Lipinski definition) is 3. The van der Waals surface area contributed by atoms with E-state index >= 15 is 0 Å². The molecule has 0 aromatic heterocycles. The minimum Gasteiger partial charge on any atom is -0.342 e. The molecule has 0 atom stereocenters. The van der Waals surface area contributed by atoms with Crippen LogP contribution in [0.25, 0.3) is 0 Å². The molecule has 1 aliphatic rings. The first kappa shape index (κ1) is 13.5. The number of carbonyl (C=O) groups excluding carboxylic acids is 1. The molecular weight excluding hydrogens is 202 g/mol. The van der Waals surface area contributed by atoms with Gasteiger partial charge in [-0.2, -0.15) is 0 Å². The van der Waals surface area contributed by atoms with Crippen LogP contribution in [0.15, 0.2) is 0 Å². The van der Waals surface area contributed by atoms with Gasteiger partial charge in [-0.3, -0.25) is 9.69 Å². The van der Waals surface area contributed by atoms with Crippen molar-refractivity contribution in [3.05, 3.63) is 0 Å². The SMILES string of the molecule is CCCN(CCCN)CC(=O)N(C)C1CC1. The van der Waals surface area contributed by atoms with Crippen molar-refractivity contribution in [3.63, 3.8) is 0 Å². The summed E-state index contributed by atoms with van der Waals surface area (Å²) in [6, 6.07) is 0.519. The Morgan fingerprint density at radius 3 is 2.56 bits per heavy atom. The third-order valence-corrected chi connectivity index (χ3v) is 3.07. The Bertz CT molecular complexity index is 216. The molecular formula is C12H25N3O.